The van der Waals surface area contributed by atoms with Gasteiger partial charge in [0, 0.05) is 0 Å². The van der Waals surface area contributed by atoms with Crippen molar-refractivity contribution in [1.82, 2.24) is 0 Å². The fraction of sp³-hybridized carbons (Fsp3) is 1.00. The zero-order chi connectivity index (χ0) is 15.6. The van der Waals surface area contributed by atoms with Gasteiger partial charge in [-0.3, -0.25) is 9.80 Å². The van der Waals surface area contributed by atoms with Crippen LogP contribution >= 0.6 is 0 Å². The zero-order valence-corrected chi connectivity index (χ0v) is 12.7. The van der Waals surface area contributed by atoms with Crippen molar-refractivity contribution in [1.29, 1.82) is 0 Å². The molecule has 0 amide bonds. The van der Waals surface area contributed by atoms with Crippen molar-refractivity contribution < 1.29 is 35.3 Å². The molecule has 4 saturated heterocycles. The summed E-state index contributed by atoms with van der Waals surface area (Å²) in [5, 5.41) is 49.6. The topological polar surface area (TPSA) is 110 Å². The van der Waals surface area contributed by atoms with Gasteiger partial charge in [-0.15, -0.1) is 0 Å². The number of quaternary nitrogens is 2. The van der Waals surface area contributed by atoms with Crippen LogP contribution in [-0.4, -0.2) is 88.9 Å². The molecule has 0 aromatic heterocycles. The first-order chi connectivity index (χ1) is 9.72. The number of hydrogen-bond donors (Lipinski definition) is 7. The van der Waals surface area contributed by atoms with E-state index < -0.39 is 24.9 Å². The Kier molecular flexibility index (Phi) is 3.61. The Morgan fingerprint density at radius 2 is 1.43 bits per heavy atom. The van der Waals surface area contributed by atoms with Crippen molar-refractivity contribution >= 4 is 0 Å². The van der Waals surface area contributed by atoms with E-state index in [0.29, 0.717) is 0 Å². The molecular formula is C14H28N2O5+2. The zero-order valence-electron chi connectivity index (χ0n) is 12.7. The molecule has 4 aliphatic heterocycles. The molecule has 0 aromatic rings. The van der Waals surface area contributed by atoms with Crippen LogP contribution in [0.2, 0.25) is 0 Å². The molecule has 3 atom stereocenters. The number of rotatable bonds is 4. The minimum Gasteiger partial charge on any atom is -0.394 e. The highest BCUT2D eigenvalue weighted by Crippen LogP contribution is 2.38. The lowest BCUT2D eigenvalue weighted by Crippen LogP contribution is -3.46. The Morgan fingerprint density at radius 1 is 1.00 bits per heavy atom. The number of aliphatic hydroxyl groups excluding tert-OH is 5. The fourth-order valence-corrected chi connectivity index (χ4v) is 5.30. The first-order valence-electron chi connectivity index (χ1n) is 7.74. The first-order valence-corrected chi connectivity index (χ1v) is 7.74. The summed E-state index contributed by atoms with van der Waals surface area (Å²) < 4.78 is 0. The monoisotopic (exact) mass is 304 g/mol. The second kappa shape index (κ2) is 4.86. The van der Waals surface area contributed by atoms with Crippen LogP contribution in [0.1, 0.15) is 13.8 Å². The van der Waals surface area contributed by atoms with E-state index in [2.05, 4.69) is 13.8 Å². The van der Waals surface area contributed by atoms with Gasteiger partial charge in [-0.2, -0.15) is 0 Å². The Morgan fingerprint density at radius 3 is 1.81 bits per heavy atom. The third-order valence-electron chi connectivity index (χ3n) is 6.00. The van der Waals surface area contributed by atoms with Crippen molar-refractivity contribution in [3.8, 4) is 0 Å². The lowest BCUT2D eigenvalue weighted by molar-refractivity contribution is -1.18. The molecule has 122 valence electrons. The van der Waals surface area contributed by atoms with Gasteiger partial charge in [0.05, 0.1) is 49.7 Å². The molecule has 0 aromatic carbocycles. The highest BCUT2D eigenvalue weighted by molar-refractivity contribution is 5.01. The minimum atomic E-state index is -1.34. The molecule has 0 unspecified atom stereocenters. The van der Waals surface area contributed by atoms with E-state index in [1.54, 1.807) is 0 Å². The fourth-order valence-electron chi connectivity index (χ4n) is 5.30. The van der Waals surface area contributed by atoms with Gasteiger partial charge in [0.2, 0.25) is 6.17 Å². The quantitative estimate of drug-likeness (QED) is 0.280. The second-order valence-electron chi connectivity index (χ2n) is 7.94. The number of piperidine rings is 2. The van der Waals surface area contributed by atoms with Gasteiger partial charge < -0.3 is 25.5 Å². The number of hydrogen-bond acceptors (Lipinski definition) is 5. The van der Waals surface area contributed by atoms with Crippen LogP contribution in [0.15, 0.2) is 0 Å². The Hall–Kier alpha value is -0.280. The molecule has 4 fully saturated rings. The van der Waals surface area contributed by atoms with E-state index in [-0.39, 0.29) is 23.1 Å². The molecular weight excluding hydrogens is 276 g/mol. The van der Waals surface area contributed by atoms with Gasteiger partial charge in [0.25, 0.3) is 0 Å². The van der Waals surface area contributed by atoms with Crippen LogP contribution in [-0.2, 0) is 0 Å². The van der Waals surface area contributed by atoms with Crippen LogP contribution < -0.4 is 9.80 Å². The summed E-state index contributed by atoms with van der Waals surface area (Å²) in [4.78, 5) is 2.35. The molecule has 0 saturated carbocycles. The standard InChI is InChI=1S/C14H26N2O5/c1-13-4-15-6-14(2,12(13)21)7-16(5-13)11(15)10(20)9(19)8(18)3-17/h8-12,17-21H,3-7H2,1-2H3/p+2/t8-,9-,10+,11?,12?,13?,14?/m1/s1. The molecule has 4 aliphatic rings. The maximum atomic E-state index is 10.6. The SMILES string of the molecule is CC12C[NH+]3CC(C)(C[NH+](C1)C3[C@@H](O)[C@H](O)[C@H](O)CO)C2O. The van der Waals surface area contributed by atoms with Gasteiger partial charge >= 0.3 is 0 Å². The van der Waals surface area contributed by atoms with Gasteiger partial charge in [0.15, 0.2) is 6.10 Å². The third kappa shape index (κ3) is 2.15. The Balaban J connectivity index is 1.82. The number of aliphatic hydroxyl groups is 5. The smallest absolute Gasteiger partial charge is 0.242 e. The second-order valence-corrected chi connectivity index (χ2v) is 7.94. The Bertz CT molecular complexity index is 382. The summed E-state index contributed by atoms with van der Waals surface area (Å²) in [6, 6.07) is 0. The van der Waals surface area contributed by atoms with E-state index in [1.165, 1.54) is 9.80 Å². The summed E-state index contributed by atoms with van der Waals surface area (Å²) in [5.74, 6) is 0. The average Bonchev–Trinajstić information content (AvgIpc) is 2.41. The predicted octanol–water partition coefficient (Wildman–Crippen LogP) is -5.43. The van der Waals surface area contributed by atoms with E-state index in [0.717, 1.165) is 26.2 Å². The van der Waals surface area contributed by atoms with E-state index >= 15 is 0 Å². The maximum absolute atomic E-state index is 10.6. The minimum absolute atomic E-state index is 0.160. The summed E-state index contributed by atoms with van der Waals surface area (Å²) in [7, 11) is 0. The largest absolute Gasteiger partial charge is 0.394 e. The van der Waals surface area contributed by atoms with Crippen LogP contribution in [0, 0.1) is 10.8 Å². The van der Waals surface area contributed by atoms with Gasteiger partial charge in [-0.25, -0.2) is 0 Å². The lowest BCUT2D eigenvalue weighted by Gasteiger charge is -2.63. The van der Waals surface area contributed by atoms with Crippen LogP contribution in [0.3, 0.4) is 0 Å². The van der Waals surface area contributed by atoms with Crippen molar-refractivity contribution in [3.63, 3.8) is 0 Å². The van der Waals surface area contributed by atoms with Crippen molar-refractivity contribution in [2.24, 2.45) is 10.8 Å². The summed E-state index contributed by atoms with van der Waals surface area (Å²) in [6.07, 6.45) is -4.29. The highest BCUT2D eigenvalue weighted by Gasteiger charge is 2.69. The summed E-state index contributed by atoms with van der Waals surface area (Å²) in [6.45, 7) is 6.66. The van der Waals surface area contributed by atoms with Gasteiger partial charge in [-0.05, 0) is 13.8 Å². The summed E-state index contributed by atoms with van der Waals surface area (Å²) >= 11 is 0. The van der Waals surface area contributed by atoms with Crippen LogP contribution in [0.5, 0.6) is 0 Å². The summed E-state index contributed by atoms with van der Waals surface area (Å²) in [5.41, 5.74) is -0.320. The Labute approximate surface area is 124 Å². The van der Waals surface area contributed by atoms with Crippen molar-refractivity contribution in [3.05, 3.63) is 0 Å². The van der Waals surface area contributed by atoms with Crippen LogP contribution in [0.25, 0.3) is 0 Å². The maximum Gasteiger partial charge on any atom is 0.242 e. The van der Waals surface area contributed by atoms with Gasteiger partial charge in [-0.1, -0.05) is 0 Å². The molecule has 0 aliphatic carbocycles. The molecule has 0 spiro atoms. The van der Waals surface area contributed by atoms with E-state index in [1.807, 2.05) is 0 Å². The molecule has 4 bridgehead atoms. The molecule has 4 heterocycles. The molecule has 21 heavy (non-hydrogen) atoms. The lowest BCUT2D eigenvalue weighted by atomic mass is 9.60. The van der Waals surface area contributed by atoms with Crippen molar-refractivity contribution in [2.75, 3.05) is 32.8 Å². The molecule has 0 radical (unpaired) electrons. The third-order valence-corrected chi connectivity index (χ3v) is 6.00. The number of nitrogens with one attached hydrogen (secondary N) is 2. The first kappa shape index (κ1) is 15.6. The van der Waals surface area contributed by atoms with Gasteiger partial charge in [0.1, 0.15) is 12.2 Å². The van der Waals surface area contributed by atoms with E-state index in [4.69, 9.17) is 5.11 Å². The normalized spacial score (nSPS) is 52.7. The molecule has 7 nitrogen and oxygen atoms in total. The molecule has 7 N–H and O–H groups in total. The highest BCUT2D eigenvalue weighted by atomic mass is 16.4. The molecule has 4 rings (SSSR count). The predicted molar refractivity (Wildman–Crippen MR) is 72.5 cm³/mol. The van der Waals surface area contributed by atoms with Crippen LogP contribution in [0.4, 0.5) is 0 Å². The van der Waals surface area contributed by atoms with E-state index in [9.17, 15) is 20.4 Å². The average molecular weight is 304 g/mol. The van der Waals surface area contributed by atoms with Crippen molar-refractivity contribution in [2.45, 2.75) is 44.4 Å². The molecule has 7 heteroatoms.